The van der Waals surface area contributed by atoms with Gasteiger partial charge in [-0.3, -0.25) is 19.7 Å². The van der Waals surface area contributed by atoms with E-state index in [-0.39, 0.29) is 11.3 Å². The van der Waals surface area contributed by atoms with Crippen LogP contribution in [0.2, 0.25) is 0 Å². The molecular weight excluding hydrogens is 432 g/mol. The van der Waals surface area contributed by atoms with Gasteiger partial charge in [0, 0.05) is 16.9 Å². The molecule has 0 bridgehead atoms. The van der Waals surface area contributed by atoms with Crippen LogP contribution in [0.25, 0.3) is 0 Å². The topological polar surface area (TPSA) is 182 Å². The summed E-state index contributed by atoms with van der Waals surface area (Å²) in [7, 11) is 1.03. The van der Waals surface area contributed by atoms with Gasteiger partial charge in [0.1, 0.15) is 17.5 Å². The number of methoxy groups -OCH3 is 1. The molecule has 2 aliphatic rings. The fourth-order valence-electron chi connectivity index (χ4n) is 3.83. The number of nitro groups is 1. The Kier molecular flexibility index (Phi) is 5.44. The Balaban J connectivity index is 1.93. The lowest BCUT2D eigenvalue weighted by molar-refractivity contribution is -0.384. The van der Waals surface area contributed by atoms with E-state index < -0.39 is 56.4 Å². The van der Waals surface area contributed by atoms with E-state index in [1.807, 2.05) is 0 Å². The molecule has 0 aromatic heterocycles. The Morgan fingerprint density at radius 3 is 2.58 bits per heavy atom. The zero-order valence-electron chi connectivity index (χ0n) is 16.7. The number of hydrogen-bond donors (Lipinski definition) is 3. The van der Waals surface area contributed by atoms with E-state index >= 15 is 0 Å². The molecule has 0 saturated carbocycles. The Labute approximate surface area is 180 Å². The Bertz CT molecular complexity index is 999. The molecule has 1 unspecified atom stereocenters. The fourth-order valence-corrected chi connectivity index (χ4v) is 5.51. The molecule has 0 spiro atoms. The van der Waals surface area contributed by atoms with Gasteiger partial charge in [-0.1, -0.05) is 12.1 Å². The van der Waals surface area contributed by atoms with Crippen molar-refractivity contribution in [2.45, 2.75) is 41.6 Å². The quantitative estimate of drug-likeness (QED) is 0.171. The van der Waals surface area contributed by atoms with E-state index in [0.29, 0.717) is 0 Å². The molecule has 4 N–H and O–H groups in total. The summed E-state index contributed by atoms with van der Waals surface area (Å²) in [6.45, 7) is 3.22. The number of nitrogens with two attached hydrogens (primary N) is 1. The number of carboxylic acid groups (broad SMARTS) is 1. The van der Waals surface area contributed by atoms with Gasteiger partial charge < -0.3 is 25.8 Å². The minimum atomic E-state index is -2.16. The number of nitrogens with one attached hydrogen (secondary N) is 1. The van der Waals surface area contributed by atoms with E-state index in [9.17, 15) is 34.4 Å². The summed E-state index contributed by atoms with van der Waals surface area (Å²) < 4.78 is 3.80. The number of nitrogens with zero attached hydrogens (tertiary/aromatic N) is 2. The third-order valence-electron chi connectivity index (χ3n) is 5.33. The van der Waals surface area contributed by atoms with Crippen molar-refractivity contribution in [3.8, 4) is 0 Å². The molecule has 2 heterocycles. The summed E-state index contributed by atoms with van der Waals surface area (Å²) in [4.78, 5) is 61.6. The maximum absolute atomic E-state index is 13.0. The number of hydrogen-bond acceptors (Lipinski definition) is 9. The zero-order valence-corrected chi connectivity index (χ0v) is 17.5. The molecule has 31 heavy (non-hydrogen) atoms. The van der Waals surface area contributed by atoms with Crippen molar-refractivity contribution in [2.24, 2.45) is 5.73 Å². The summed E-state index contributed by atoms with van der Waals surface area (Å²) in [6.07, 6.45) is 0. The Hall–Kier alpha value is -3.19. The lowest BCUT2D eigenvalue weighted by atomic mass is 9.84. The number of benzene rings is 1. The van der Waals surface area contributed by atoms with Crippen LogP contribution >= 0.6 is 11.8 Å². The number of β-lactam (4-membered cyclic amide) rings is 1. The van der Waals surface area contributed by atoms with Crippen LogP contribution in [0.15, 0.2) is 24.3 Å². The minimum absolute atomic E-state index is 0.0955. The highest BCUT2D eigenvalue weighted by molar-refractivity contribution is 8.01. The number of non-ortho nitro benzene ring substituents is 1. The highest BCUT2D eigenvalue weighted by Crippen LogP contribution is 2.55. The summed E-state index contributed by atoms with van der Waals surface area (Å²) in [5.41, 5.74) is 3.59. The summed E-state index contributed by atoms with van der Waals surface area (Å²) in [5.74, 6) is -4.18. The van der Waals surface area contributed by atoms with Crippen LogP contribution in [0.1, 0.15) is 25.5 Å². The number of aliphatic carboxylic acids is 1. The van der Waals surface area contributed by atoms with Gasteiger partial charge in [0.2, 0.25) is 11.4 Å². The summed E-state index contributed by atoms with van der Waals surface area (Å²) in [6, 6.07) is 2.43. The average molecular weight is 452 g/mol. The second-order valence-corrected chi connectivity index (χ2v) is 9.38. The molecule has 0 radical (unpaired) electrons. The van der Waals surface area contributed by atoms with Crippen LogP contribution in [0.3, 0.4) is 0 Å². The monoisotopic (exact) mass is 452 g/mol. The van der Waals surface area contributed by atoms with Gasteiger partial charge >= 0.3 is 11.9 Å². The van der Waals surface area contributed by atoms with Crippen molar-refractivity contribution in [2.75, 3.05) is 7.11 Å². The van der Waals surface area contributed by atoms with Gasteiger partial charge in [-0.25, -0.2) is 9.59 Å². The van der Waals surface area contributed by atoms with Crippen molar-refractivity contribution in [1.29, 1.82) is 0 Å². The number of rotatable bonds is 6. The van der Waals surface area contributed by atoms with Crippen molar-refractivity contribution >= 4 is 41.2 Å². The van der Waals surface area contributed by atoms with Crippen LogP contribution in [0.4, 0.5) is 5.69 Å². The molecule has 2 fully saturated rings. The van der Waals surface area contributed by atoms with Crippen molar-refractivity contribution in [1.82, 2.24) is 10.2 Å². The zero-order chi connectivity index (χ0) is 23.3. The molecule has 2 amide bonds. The maximum Gasteiger partial charge on any atom is 0.344 e. The predicted octanol–water partition coefficient (Wildman–Crippen LogP) is -0.230. The van der Waals surface area contributed by atoms with E-state index in [2.05, 4.69) is 5.32 Å². The SMILES string of the molecule is COC(=O)[C@]1(NC(=O)C(N)c2cccc([N+](=O)[O-])c2)C(=O)N2[C@@H](C(=O)O)C(C)(C)S[C@@H]21. The van der Waals surface area contributed by atoms with Crippen LogP contribution < -0.4 is 11.1 Å². The fraction of sp³-hybridized carbons (Fsp3) is 0.444. The van der Waals surface area contributed by atoms with Crippen LogP contribution in [-0.2, 0) is 23.9 Å². The molecule has 1 aromatic rings. The van der Waals surface area contributed by atoms with Gasteiger partial charge in [0.15, 0.2) is 0 Å². The first-order valence-electron chi connectivity index (χ1n) is 9.02. The number of thioether (sulfide) groups is 1. The largest absolute Gasteiger partial charge is 0.480 e. The molecule has 166 valence electrons. The van der Waals surface area contributed by atoms with Gasteiger partial charge in [-0.15, -0.1) is 11.8 Å². The lowest BCUT2D eigenvalue weighted by Crippen LogP contribution is -2.83. The lowest BCUT2D eigenvalue weighted by Gasteiger charge is -2.50. The first kappa shape index (κ1) is 22.5. The number of carboxylic acids is 1. The normalized spacial score (nSPS) is 27.0. The van der Waals surface area contributed by atoms with E-state index in [1.165, 1.54) is 18.2 Å². The third kappa shape index (κ3) is 3.29. The molecule has 2 saturated heterocycles. The minimum Gasteiger partial charge on any atom is -0.480 e. The van der Waals surface area contributed by atoms with Crippen molar-refractivity contribution in [3.63, 3.8) is 0 Å². The Morgan fingerprint density at radius 2 is 2.03 bits per heavy atom. The third-order valence-corrected chi connectivity index (χ3v) is 6.97. The number of ether oxygens (including phenoxy) is 1. The molecule has 12 nitrogen and oxygen atoms in total. The van der Waals surface area contributed by atoms with E-state index in [4.69, 9.17) is 10.5 Å². The smallest absolute Gasteiger partial charge is 0.344 e. The van der Waals surface area contributed by atoms with Crippen LogP contribution in [-0.4, -0.2) is 67.5 Å². The average Bonchev–Trinajstić information content (AvgIpc) is 2.99. The molecule has 4 atom stereocenters. The number of amides is 2. The maximum atomic E-state index is 13.0. The van der Waals surface area contributed by atoms with Crippen molar-refractivity contribution in [3.05, 3.63) is 39.9 Å². The van der Waals surface area contributed by atoms with Crippen molar-refractivity contribution < 1.29 is 33.9 Å². The van der Waals surface area contributed by atoms with Gasteiger partial charge in [-0.05, 0) is 19.4 Å². The molecule has 3 rings (SSSR count). The van der Waals surface area contributed by atoms with Crippen LogP contribution in [0, 0.1) is 10.1 Å². The molecular formula is C18H20N4O8S. The standard InChI is InChI=1S/C18H20N4O8S/c1-17(2)11(13(24)25)21-14(26)18(15(21)31-17,16(27)30-3)20-12(23)10(19)8-5-4-6-9(7-8)22(28)29/h4-7,10-11,15H,19H2,1-3H3,(H,20,23)(H,24,25)/t10?,11-,15+,18-/m0/s1. The molecule has 2 aliphatic heterocycles. The number of fused-ring (bicyclic) bond motifs is 1. The van der Waals surface area contributed by atoms with Gasteiger partial charge in [-0.2, -0.15) is 0 Å². The highest BCUT2D eigenvalue weighted by Gasteiger charge is 2.76. The second kappa shape index (κ2) is 7.50. The number of esters is 1. The molecule has 0 aliphatic carbocycles. The summed E-state index contributed by atoms with van der Waals surface area (Å²) >= 11 is 1.04. The first-order chi connectivity index (χ1) is 14.4. The second-order valence-electron chi connectivity index (χ2n) is 7.65. The first-order valence-corrected chi connectivity index (χ1v) is 9.90. The predicted molar refractivity (Wildman–Crippen MR) is 107 cm³/mol. The molecule has 13 heteroatoms. The van der Waals surface area contributed by atoms with E-state index in [0.717, 1.165) is 29.8 Å². The number of carbonyl (C=O) groups excluding carboxylic acids is 3. The molecule has 1 aromatic carbocycles. The highest BCUT2D eigenvalue weighted by atomic mass is 32.2. The number of nitro benzene ring substituents is 1. The number of carbonyl (C=O) groups is 4. The van der Waals surface area contributed by atoms with Gasteiger partial charge in [0.25, 0.3) is 11.6 Å². The Morgan fingerprint density at radius 1 is 1.39 bits per heavy atom. The van der Waals surface area contributed by atoms with E-state index in [1.54, 1.807) is 13.8 Å². The summed E-state index contributed by atoms with van der Waals surface area (Å²) in [5, 5.41) is 21.8. The van der Waals surface area contributed by atoms with Crippen LogP contribution in [0.5, 0.6) is 0 Å². The van der Waals surface area contributed by atoms with Gasteiger partial charge in [0.05, 0.1) is 12.0 Å².